The quantitative estimate of drug-likeness (QED) is 0.356. The van der Waals surface area contributed by atoms with Gasteiger partial charge in [0.05, 0.1) is 0 Å². The average Bonchev–Trinajstić information content (AvgIpc) is 1.64. The Labute approximate surface area is 54.2 Å². The van der Waals surface area contributed by atoms with Gasteiger partial charge in [0.2, 0.25) is 0 Å². The van der Waals surface area contributed by atoms with Crippen molar-refractivity contribution in [2.45, 2.75) is 13.0 Å². The average molecular weight is 182 g/mol. The van der Waals surface area contributed by atoms with E-state index in [0.717, 1.165) is 0 Å². The molecule has 5 heteroatoms. The summed E-state index contributed by atoms with van der Waals surface area (Å²) in [6.45, 7) is 1.22. The molecule has 0 rings (SSSR count). The maximum Gasteiger partial charge on any atom is 0.278 e. The Morgan fingerprint density at radius 2 is 2.25 bits per heavy atom. The van der Waals surface area contributed by atoms with E-state index in [2.05, 4.69) is 15.9 Å². The fourth-order valence-electron chi connectivity index (χ4n) is 0.0829. The van der Waals surface area contributed by atoms with Gasteiger partial charge in [0, 0.05) is 11.8 Å². The first-order chi connectivity index (χ1) is 3.55. The highest BCUT2D eigenvalue weighted by atomic mass is 79.9. The minimum atomic E-state index is -1.13. The highest BCUT2D eigenvalue weighted by molar-refractivity contribution is 9.18. The zero-order valence-corrected chi connectivity index (χ0v) is 5.71. The molecular weight excluding hydrogens is 178 g/mol. The highest BCUT2D eigenvalue weighted by Crippen LogP contribution is 1.95. The molecule has 0 bridgehead atoms. The van der Waals surface area contributed by atoms with Crippen molar-refractivity contribution in [2.75, 3.05) is 0 Å². The molecule has 1 atom stereocenters. The number of nitrogens with zero attached hydrogens (tertiary/aromatic N) is 1. The Morgan fingerprint density at radius 1 is 1.88 bits per heavy atom. The van der Waals surface area contributed by atoms with E-state index in [4.69, 9.17) is 0 Å². The lowest BCUT2D eigenvalue weighted by molar-refractivity contribution is -0.501. The van der Waals surface area contributed by atoms with Crippen LogP contribution in [-0.2, 0) is 4.79 Å². The fourth-order valence-corrected chi connectivity index (χ4v) is 0.250. The van der Waals surface area contributed by atoms with Gasteiger partial charge in [-0.15, -0.1) is 0 Å². The van der Waals surface area contributed by atoms with Gasteiger partial charge in [-0.1, -0.05) is 0 Å². The van der Waals surface area contributed by atoms with Crippen LogP contribution in [0.1, 0.15) is 6.92 Å². The fraction of sp³-hybridized carbons (Fsp3) is 0.667. The Bertz CT molecular complexity index is 110. The van der Waals surface area contributed by atoms with Crippen LogP contribution in [0.2, 0.25) is 0 Å². The zero-order chi connectivity index (χ0) is 6.73. The Kier molecular flexibility index (Phi) is 2.60. The summed E-state index contributed by atoms with van der Waals surface area (Å²) in [7, 11) is 0. The molecular formula is C3H4BrNO3. The molecule has 0 aliphatic carbocycles. The predicted molar refractivity (Wildman–Crippen MR) is 30.4 cm³/mol. The lowest BCUT2D eigenvalue weighted by Crippen LogP contribution is -2.20. The topological polar surface area (TPSA) is 60.2 Å². The van der Waals surface area contributed by atoms with E-state index in [9.17, 15) is 14.9 Å². The summed E-state index contributed by atoms with van der Waals surface area (Å²) in [6.07, 6.45) is 0. The highest BCUT2D eigenvalue weighted by Gasteiger charge is 2.19. The summed E-state index contributed by atoms with van der Waals surface area (Å²) in [5.74, 6) is 0. The Balaban J connectivity index is 3.83. The normalized spacial score (nSPS) is 12.8. The van der Waals surface area contributed by atoms with E-state index < -0.39 is 15.7 Å². The van der Waals surface area contributed by atoms with E-state index in [0.29, 0.717) is 0 Å². The molecule has 0 radical (unpaired) electrons. The molecule has 0 aliphatic heterocycles. The molecule has 0 spiro atoms. The van der Waals surface area contributed by atoms with Gasteiger partial charge in [-0.3, -0.25) is 14.9 Å². The van der Waals surface area contributed by atoms with Gasteiger partial charge >= 0.3 is 0 Å². The van der Waals surface area contributed by atoms with Crippen LogP contribution in [-0.4, -0.2) is 15.7 Å². The third-order valence-electron chi connectivity index (χ3n) is 0.645. The third kappa shape index (κ3) is 2.02. The first-order valence-electron chi connectivity index (χ1n) is 1.88. The van der Waals surface area contributed by atoms with Gasteiger partial charge < -0.3 is 0 Å². The molecule has 0 aromatic rings. The van der Waals surface area contributed by atoms with Crippen LogP contribution < -0.4 is 0 Å². The summed E-state index contributed by atoms with van der Waals surface area (Å²) in [4.78, 5) is 19.1. The van der Waals surface area contributed by atoms with Gasteiger partial charge in [0.1, 0.15) is 0 Å². The van der Waals surface area contributed by atoms with Gasteiger partial charge in [-0.2, -0.15) is 0 Å². The van der Waals surface area contributed by atoms with Crippen LogP contribution in [0.25, 0.3) is 0 Å². The van der Waals surface area contributed by atoms with Crippen LogP contribution in [0.4, 0.5) is 0 Å². The molecule has 0 saturated heterocycles. The molecule has 0 heterocycles. The van der Waals surface area contributed by atoms with E-state index in [1.165, 1.54) is 6.92 Å². The molecule has 0 fully saturated rings. The SMILES string of the molecule is CC(C(=O)Br)[N+](=O)[O-]. The van der Waals surface area contributed by atoms with Crippen LogP contribution in [0.15, 0.2) is 0 Å². The van der Waals surface area contributed by atoms with E-state index in [1.807, 2.05) is 0 Å². The van der Waals surface area contributed by atoms with Crippen molar-refractivity contribution in [1.82, 2.24) is 0 Å². The van der Waals surface area contributed by atoms with Crippen molar-refractivity contribution < 1.29 is 9.72 Å². The number of nitro groups is 1. The molecule has 4 nitrogen and oxygen atoms in total. The number of carbonyl (C=O) groups excluding carboxylic acids is 1. The number of rotatable bonds is 2. The second-order valence-corrected chi connectivity index (χ2v) is 2.05. The first-order valence-corrected chi connectivity index (χ1v) is 2.68. The molecule has 8 heavy (non-hydrogen) atoms. The summed E-state index contributed by atoms with van der Waals surface area (Å²) in [5, 5.41) is 9.70. The van der Waals surface area contributed by atoms with E-state index >= 15 is 0 Å². The van der Waals surface area contributed by atoms with Crippen LogP contribution in [0, 0.1) is 10.1 Å². The zero-order valence-electron chi connectivity index (χ0n) is 4.13. The lowest BCUT2D eigenvalue weighted by atomic mass is 10.4. The first kappa shape index (κ1) is 7.55. The van der Waals surface area contributed by atoms with Gasteiger partial charge in [0.25, 0.3) is 10.7 Å². The van der Waals surface area contributed by atoms with Crippen LogP contribution >= 0.6 is 15.9 Å². The van der Waals surface area contributed by atoms with E-state index in [1.54, 1.807) is 0 Å². The second kappa shape index (κ2) is 2.76. The Morgan fingerprint density at radius 3 is 2.25 bits per heavy atom. The summed E-state index contributed by atoms with van der Waals surface area (Å²) in [5.41, 5.74) is 0. The molecule has 46 valence electrons. The molecule has 0 N–H and O–H groups in total. The van der Waals surface area contributed by atoms with Crippen molar-refractivity contribution in [3.63, 3.8) is 0 Å². The summed E-state index contributed by atoms with van der Waals surface area (Å²) >= 11 is 2.46. The van der Waals surface area contributed by atoms with Crippen molar-refractivity contribution in [2.24, 2.45) is 0 Å². The molecule has 0 amide bonds. The molecule has 0 saturated carbocycles. The van der Waals surface area contributed by atoms with Crippen molar-refractivity contribution >= 4 is 20.6 Å². The largest absolute Gasteiger partial charge is 0.279 e. The minimum absolute atomic E-state index is 0.595. The minimum Gasteiger partial charge on any atom is -0.279 e. The predicted octanol–water partition coefficient (Wildman–Crippen LogP) is 0.573. The molecule has 0 aliphatic rings. The van der Waals surface area contributed by atoms with Crippen molar-refractivity contribution in [1.29, 1.82) is 0 Å². The maximum absolute atomic E-state index is 10.1. The molecule has 1 unspecified atom stereocenters. The smallest absolute Gasteiger partial charge is 0.278 e. The van der Waals surface area contributed by atoms with Crippen molar-refractivity contribution in [3.8, 4) is 0 Å². The van der Waals surface area contributed by atoms with Crippen LogP contribution in [0.5, 0.6) is 0 Å². The number of hydrogen-bond acceptors (Lipinski definition) is 3. The van der Waals surface area contributed by atoms with Gasteiger partial charge in [-0.05, 0) is 15.9 Å². The molecule has 0 aromatic heterocycles. The van der Waals surface area contributed by atoms with Crippen molar-refractivity contribution in [3.05, 3.63) is 10.1 Å². The number of halogens is 1. The van der Waals surface area contributed by atoms with Crippen LogP contribution in [0.3, 0.4) is 0 Å². The van der Waals surface area contributed by atoms with Gasteiger partial charge in [-0.25, -0.2) is 0 Å². The maximum atomic E-state index is 10.1. The second-order valence-electron chi connectivity index (χ2n) is 1.27. The monoisotopic (exact) mass is 181 g/mol. The van der Waals surface area contributed by atoms with E-state index in [-0.39, 0.29) is 0 Å². The number of hydrogen-bond donors (Lipinski definition) is 0. The number of carbonyl (C=O) groups is 1. The third-order valence-corrected chi connectivity index (χ3v) is 1.31. The summed E-state index contributed by atoms with van der Waals surface area (Å²) < 4.78 is -0.595. The Hall–Kier alpha value is -0.450. The summed E-state index contributed by atoms with van der Waals surface area (Å²) in [6, 6.07) is -1.13. The molecule has 0 aromatic carbocycles. The standard InChI is InChI=1S/C3H4BrNO3/c1-2(3(4)6)5(7)8/h2H,1H3. The van der Waals surface area contributed by atoms with Gasteiger partial charge in [0.15, 0.2) is 0 Å². The lowest BCUT2D eigenvalue weighted by Gasteiger charge is -1.92.